The Morgan fingerprint density at radius 3 is 2.88 bits per heavy atom. The molecule has 0 saturated heterocycles. The number of benzene rings is 1. The average molecular weight is 239 g/mol. The number of hydrogen-bond donors (Lipinski definition) is 1. The third-order valence-corrected chi connectivity index (χ3v) is 1.93. The minimum Gasteiger partial charge on any atom is -0.460 e. The maximum absolute atomic E-state index is 10.8. The lowest BCUT2D eigenvalue weighted by Gasteiger charge is -2.05. The minimum absolute atomic E-state index is 0.0489. The fraction of sp³-hybridized carbons (Fsp3) is 0.273. The normalized spacial score (nSPS) is 10.7. The van der Waals surface area contributed by atoms with E-state index in [0.29, 0.717) is 5.56 Å². The molecule has 1 rings (SSSR count). The topological polar surface area (TPSA) is 81.8 Å². The largest absolute Gasteiger partial charge is 0.460 e. The molecule has 0 saturated carbocycles. The molecule has 0 bridgehead atoms. The van der Waals surface area contributed by atoms with Crippen molar-refractivity contribution in [3.63, 3.8) is 0 Å². The second-order valence-corrected chi connectivity index (χ2v) is 3.12. The number of ether oxygens (including phenoxy) is 2. The molecule has 6 heteroatoms. The van der Waals surface area contributed by atoms with Gasteiger partial charge in [-0.2, -0.15) is 0 Å². The Hall–Kier alpha value is -1.92. The summed E-state index contributed by atoms with van der Waals surface area (Å²) in [5, 5.41) is 19.4. The zero-order valence-electron chi connectivity index (χ0n) is 9.33. The lowest BCUT2D eigenvalue weighted by Crippen LogP contribution is -2.02. The molecular formula is C11H13NO5. The molecule has 0 aromatic heterocycles. The van der Waals surface area contributed by atoms with Crippen LogP contribution in [0.5, 0.6) is 5.75 Å². The lowest BCUT2D eigenvalue weighted by molar-refractivity contribution is -0.386. The van der Waals surface area contributed by atoms with Crippen LogP contribution in [0.1, 0.15) is 5.56 Å². The number of nitro benzene ring substituents is 1. The van der Waals surface area contributed by atoms with Gasteiger partial charge in [0.25, 0.3) is 0 Å². The Kier molecular flexibility index (Phi) is 5.12. The molecule has 0 unspecified atom stereocenters. The Balaban J connectivity index is 2.99. The number of methoxy groups -OCH3 is 1. The molecule has 1 aromatic carbocycles. The van der Waals surface area contributed by atoms with Gasteiger partial charge in [0.05, 0.1) is 11.5 Å². The van der Waals surface area contributed by atoms with Crippen molar-refractivity contribution >= 4 is 11.8 Å². The highest BCUT2D eigenvalue weighted by Gasteiger charge is 2.15. The standard InChI is InChI=1S/C11H13NO5/c1-16-8-17-11-5-4-9(3-2-6-13)7-10(11)12(14)15/h2-5,7,13H,6,8H2,1H3. The molecule has 17 heavy (non-hydrogen) atoms. The van der Waals surface area contributed by atoms with Crippen LogP contribution >= 0.6 is 0 Å². The number of rotatable bonds is 6. The van der Waals surface area contributed by atoms with Crippen LogP contribution in [0.15, 0.2) is 24.3 Å². The fourth-order valence-corrected chi connectivity index (χ4v) is 1.21. The Morgan fingerprint density at radius 1 is 1.53 bits per heavy atom. The molecule has 0 spiro atoms. The van der Waals surface area contributed by atoms with E-state index in [2.05, 4.69) is 4.74 Å². The smallest absolute Gasteiger partial charge is 0.311 e. The van der Waals surface area contributed by atoms with Gasteiger partial charge in [0.2, 0.25) is 0 Å². The first-order valence-electron chi connectivity index (χ1n) is 4.86. The SMILES string of the molecule is COCOc1ccc(C=CCO)cc1[N+](=O)[O-]. The molecule has 0 aliphatic rings. The van der Waals surface area contributed by atoms with Crippen molar-refractivity contribution < 1.29 is 19.5 Å². The highest BCUT2D eigenvalue weighted by molar-refractivity contribution is 5.58. The van der Waals surface area contributed by atoms with E-state index in [1.165, 1.54) is 25.3 Å². The van der Waals surface area contributed by atoms with Gasteiger partial charge in [0, 0.05) is 13.2 Å². The van der Waals surface area contributed by atoms with Crippen molar-refractivity contribution in [2.24, 2.45) is 0 Å². The van der Waals surface area contributed by atoms with Gasteiger partial charge in [0.1, 0.15) is 0 Å². The molecule has 0 aliphatic heterocycles. The second-order valence-electron chi connectivity index (χ2n) is 3.12. The first-order chi connectivity index (χ1) is 8.19. The van der Waals surface area contributed by atoms with E-state index in [-0.39, 0.29) is 24.8 Å². The van der Waals surface area contributed by atoms with Gasteiger partial charge >= 0.3 is 5.69 Å². The third-order valence-electron chi connectivity index (χ3n) is 1.93. The van der Waals surface area contributed by atoms with E-state index in [1.807, 2.05) is 0 Å². The van der Waals surface area contributed by atoms with Crippen LogP contribution in [0.2, 0.25) is 0 Å². The summed E-state index contributed by atoms with van der Waals surface area (Å²) in [5.74, 6) is 0.151. The van der Waals surface area contributed by atoms with E-state index in [1.54, 1.807) is 12.1 Å². The molecule has 1 aromatic rings. The molecule has 1 N–H and O–H groups in total. The van der Waals surface area contributed by atoms with Crippen molar-refractivity contribution in [3.8, 4) is 5.75 Å². The first-order valence-corrected chi connectivity index (χ1v) is 4.86. The van der Waals surface area contributed by atoms with Crippen molar-refractivity contribution in [2.45, 2.75) is 0 Å². The van der Waals surface area contributed by atoms with Crippen LogP contribution in [-0.2, 0) is 4.74 Å². The van der Waals surface area contributed by atoms with E-state index >= 15 is 0 Å². The van der Waals surface area contributed by atoms with Crippen LogP contribution in [-0.4, -0.2) is 30.5 Å². The highest BCUT2D eigenvalue weighted by Crippen LogP contribution is 2.28. The van der Waals surface area contributed by atoms with Crippen molar-refractivity contribution in [2.75, 3.05) is 20.5 Å². The number of nitro groups is 1. The van der Waals surface area contributed by atoms with Gasteiger partial charge in [-0.15, -0.1) is 0 Å². The van der Waals surface area contributed by atoms with Gasteiger partial charge in [0.15, 0.2) is 12.5 Å². The first kappa shape index (κ1) is 13.1. The maximum atomic E-state index is 10.8. The summed E-state index contributed by atoms with van der Waals surface area (Å²) in [7, 11) is 1.43. The molecule has 0 amide bonds. The predicted molar refractivity (Wildman–Crippen MR) is 61.7 cm³/mol. The van der Waals surface area contributed by atoms with Crippen molar-refractivity contribution in [1.82, 2.24) is 0 Å². The molecule has 0 radical (unpaired) electrons. The van der Waals surface area contributed by atoms with Crippen molar-refractivity contribution in [3.05, 3.63) is 40.0 Å². The molecule has 6 nitrogen and oxygen atoms in total. The summed E-state index contributed by atoms with van der Waals surface area (Å²) in [4.78, 5) is 10.3. The maximum Gasteiger partial charge on any atom is 0.311 e. The van der Waals surface area contributed by atoms with Crippen molar-refractivity contribution in [1.29, 1.82) is 0 Å². The van der Waals surface area contributed by atoms with E-state index in [9.17, 15) is 10.1 Å². The Morgan fingerprint density at radius 2 is 2.29 bits per heavy atom. The summed E-state index contributed by atoms with van der Waals surface area (Å²) >= 11 is 0. The number of aliphatic hydroxyl groups is 1. The number of nitrogens with zero attached hydrogens (tertiary/aromatic N) is 1. The quantitative estimate of drug-likeness (QED) is 0.463. The summed E-state index contributed by atoms with van der Waals surface area (Å²) < 4.78 is 9.75. The summed E-state index contributed by atoms with van der Waals surface area (Å²) in [6, 6.07) is 4.52. The summed E-state index contributed by atoms with van der Waals surface area (Å²) in [6.45, 7) is -0.164. The fourth-order valence-electron chi connectivity index (χ4n) is 1.21. The van der Waals surface area contributed by atoms with Gasteiger partial charge in [-0.05, 0) is 11.6 Å². The number of hydrogen-bond acceptors (Lipinski definition) is 5. The zero-order chi connectivity index (χ0) is 12.7. The zero-order valence-corrected chi connectivity index (χ0v) is 9.33. The van der Waals surface area contributed by atoms with Crippen LogP contribution in [0.3, 0.4) is 0 Å². The monoisotopic (exact) mass is 239 g/mol. The second kappa shape index (κ2) is 6.62. The van der Waals surface area contributed by atoms with E-state index < -0.39 is 4.92 Å². The highest BCUT2D eigenvalue weighted by atomic mass is 16.7. The van der Waals surface area contributed by atoms with Crippen LogP contribution in [0, 0.1) is 10.1 Å². The predicted octanol–water partition coefficient (Wildman–Crippen LogP) is 1.58. The minimum atomic E-state index is -0.527. The van der Waals surface area contributed by atoms with E-state index in [4.69, 9.17) is 9.84 Å². The lowest BCUT2D eigenvalue weighted by atomic mass is 10.2. The summed E-state index contributed by atoms with van der Waals surface area (Å²) in [5.41, 5.74) is 0.484. The van der Waals surface area contributed by atoms with Gasteiger partial charge in [-0.3, -0.25) is 10.1 Å². The molecule has 0 atom stereocenters. The number of aliphatic hydroxyl groups excluding tert-OH is 1. The molecule has 0 aliphatic carbocycles. The van der Waals surface area contributed by atoms with Crippen LogP contribution in [0.4, 0.5) is 5.69 Å². The van der Waals surface area contributed by atoms with Gasteiger partial charge in [-0.1, -0.05) is 18.2 Å². The summed E-state index contributed by atoms with van der Waals surface area (Å²) in [6.07, 6.45) is 3.09. The molecule has 0 heterocycles. The molecule has 92 valence electrons. The van der Waals surface area contributed by atoms with Gasteiger partial charge < -0.3 is 14.6 Å². The van der Waals surface area contributed by atoms with E-state index in [0.717, 1.165) is 0 Å². The molecular weight excluding hydrogens is 226 g/mol. The van der Waals surface area contributed by atoms with Crippen LogP contribution in [0.25, 0.3) is 6.08 Å². The third kappa shape index (κ3) is 3.86. The van der Waals surface area contributed by atoms with Gasteiger partial charge in [-0.25, -0.2) is 0 Å². The Bertz CT molecular complexity index is 416. The average Bonchev–Trinajstić information content (AvgIpc) is 2.34. The molecule has 0 fully saturated rings. The van der Waals surface area contributed by atoms with Crippen LogP contribution < -0.4 is 4.74 Å². The Labute approximate surface area is 98.2 Å².